The van der Waals surface area contributed by atoms with Gasteiger partial charge >= 0.3 is 0 Å². The summed E-state index contributed by atoms with van der Waals surface area (Å²) in [5.74, 6) is 1.10. The summed E-state index contributed by atoms with van der Waals surface area (Å²) < 4.78 is 0. The predicted molar refractivity (Wildman–Crippen MR) is 112 cm³/mol. The van der Waals surface area contributed by atoms with Gasteiger partial charge in [0.05, 0.1) is 0 Å². The van der Waals surface area contributed by atoms with Gasteiger partial charge in [-0.3, -0.25) is 14.7 Å². The van der Waals surface area contributed by atoms with E-state index >= 15 is 0 Å². The maximum Gasteiger partial charge on any atom is 0.223 e. The van der Waals surface area contributed by atoms with Gasteiger partial charge in [0.1, 0.15) is 0 Å². The molecule has 2 heterocycles. The minimum atomic E-state index is 0.241. The number of fused-ring (bicyclic) bond motifs is 1. The van der Waals surface area contributed by atoms with Crippen molar-refractivity contribution in [1.82, 2.24) is 20.4 Å². The molecule has 1 saturated heterocycles. The van der Waals surface area contributed by atoms with Crippen LogP contribution in [0.25, 0.3) is 0 Å². The minimum Gasteiger partial charge on any atom is -0.356 e. The zero-order valence-corrected chi connectivity index (χ0v) is 17.2. The molecular formula is C22H33N5O. The highest BCUT2D eigenvalue weighted by Crippen LogP contribution is 2.33. The zero-order chi connectivity index (χ0) is 19.5. The lowest BCUT2D eigenvalue weighted by Gasteiger charge is -2.20. The summed E-state index contributed by atoms with van der Waals surface area (Å²) in [6.45, 7) is 5.71. The third-order valence-electron chi connectivity index (χ3n) is 6.26. The van der Waals surface area contributed by atoms with Crippen LogP contribution in [0.4, 0.5) is 0 Å². The Morgan fingerprint density at radius 2 is 1.93 bits per heavy atom. The summed E-state index contributed by atoms with van der Waals surface area (Å²) >= 11 is 0. The largest absolute Gasteiger partial charge is 0.356 e. The number of benzene rings is 1. The summed E-state index contributed by atoms with van der Waals surface area (Å²) in [4.78, 5) is 21.5. The topological polar surface area (TPSA) is 60.0 Å². The van der Waals surface area contributed by atoms with E-state index in [-0.39, 0.29) is 5.91 Å². The summed E-state index contributed by atoms with van der Waals surface area (Å²) in [6, 6.07) is 10.3. The van der Waals surface area contributed by atoms with E-state index < -0.39 is 0 Å². The molecule has 2 unspecified atom stereocenters. The molecule has 0 bridgehead atoms. The first kappa shape index (κ1) is 19.2. The van der Waals surface area contributed by atoms with Crippen molar-refractivity contribution in [3.05, 3.63) is 35.4 Å². The number of amides is 1. The van der Waals surface area contributed by atoms with Crippen LogP contribution in [0.3, 0.4) is 0 Å². The van der Waals surface area contributed by atoms with Gasteiger partial charge in [-0.25, -0.2) is 0 Å². The monoisotopic (exact) mass is 383 g/mol. The van der Waals surface area contributed by atoms with E-state index in [4.69, 9.17) is 0 Å². The minimum absolute atomic E-state index is 0.241. The fourth-order valence-electron chi connectivity index (χ4n) is 4.58. The Morgan fingerprint density at radius 3 is 2.57 bits per heavy atom. The van der Waals surface area contributed by atoms with Gasteiger partial charge in [0.15, 0.2) is 5.96 Å². The van der Waals surface area contributed by atoms with Crippen LogP contribution >= 0.6 is 0 Å². The maximum absolute atomic E-state index is 12.5. The van der Waals surface area contributed by atoms with E-state index in [2.05, 4.69) is 39.6 Å². The molecule has 28 heavy (non-hydrogen) atoms. The summed E-state index contributed by atoms with van der Waals surface area (Å²) in [5, 5.41) is 6.95. The van der Waals surface area contributed by atoms with Crippen LogP contribution in [-0.4, -0.2) is 59.9 Å². The lowest BCUT2D eigenvalue weighted by molar-refractivity contribution is -0.131. The van der Waals surface area contributed by atoms with E-state index in [0.717, 1.165) is 44.6 Å². The lowest BCUT2D eigenvalue weighted by atomic mass is 10.1. The van der Waals surface area contributed by atoms with Crippen LogP contribution in [0.1, 0.15) is 50.2 Å². The molecular weight excluding hydrogens is 350 g/mol. The van der Waals surface area contributed by atoms with E-state index in [1.165, 1.54) is 30.4 Å². The molecule has 1 aliphatic carbocycles. The molecule has 1 saturated carbocycles. The van der Waals surface area contributed by atoms with Gasteiger partial charge in [-0.1, -0.05) is 24.3 Å². The number of hydrogen-bond donors (Lipinski definition) is 2. The van der Waals surface area contributed by atoms with Gasteiger partial charge in [0.25, 0.3) is 0 Å². The first-order chi connectivity index (χ1) is 13.6. The number of likely N-dealkylation sites (tertiary alicyclic amines) is 1. The van der Waals surface area contributed by atoms with Crippen molar-refractivity contribution in [2.75, 3.05) is 20.1 Å². The molecule has 3 aliphatic rings. The van der Waals surface area contributed by atoms with Gasteiger partial charge in [0.2, 0.25) is 5.91 Å². The van der Waals surface area contributed by atoms with E-state index in [9.17, 15) is 4.79 Å². The molecule has 4 rings (SSSR count). The van der Waals surface area contributed by atoms with Crippen molar-refractivity contribution in [3.63, 3.8) is 0 Å². The smallest absolute Gasteiger partial charge is 0.223 e. The molecule has 2 atom stereocenters. The second-order valence-corrected chi connectivity index (χ2v) is 8.48. The Balaban J connectivity index is 1.15. The van der Waals surface area contributed by atoms with E-state index in [0.29, 0.717) is 18.5 Å². The van der Waals surface area contributed by atoms with Crippen LogP contribution in [0.2, 0.25) is 0 Å². The fourth-order valence-corrected chi connectivity index (χ4v) is 4.58. The van der Waals surface area contributed by atoms with Gasteiger partial charge in [-0.05, 0) is 43.7 Å². The van der Waals surface area contributed by atoms with Crippen molar-refractivity contribution in [2.45, 2.75) is 70.2 Å². The molecule has 2 fully saturated rings. The number of rotatable bonds is 6. The average molecular weight is 384 g/mol. The molecule has 1 aromatic carbocycles. The lowest BCUT2D eigenvalue weighted by Crippen LogP contribution is -2.45. The summed E-state index contributed by atoms with van der Waals surface area (Å²) in [6.07, 6.45) is 5.29. The Kier molecular flexibility index (Phi) is 5.85. The Bertz CT molecular complexity index is 704. The van der Waals surface area contributed by atoms with Crippen LogP contribution < -0.4 is 10.6 Å². The molecule has 1 aromatic rings. The third-order valence-corrected chi connectivity index (χ3v) is 6.26. The van der Waals surface area contributed by atoms with Crippen LogP contribution in [-0.2, 0) is 17.9 Å². The first-order valence-electron chi connectivity index (χ1n) is 10.7. The average Bonchev–Trinajstić information content (AvgIpc) is 3.34. The molecule has 6 nitrogen and oxygen atoms in total. The molecule has 0 spiro atoms. The number of guanidine groups is 1. The predicted octanol–water partition coefficient (Wildman–Crippen LogP) is 2.10. The van der Waals surface area contributed by atoms with Crippen molar-refractivity contribution < 1.29 is 4.79 Å². The Labute approximate surface area is 168 Å². The normalized spacial score (nSPS) is 25.1. The fraction of sp³-hybridized carbons (Fsp3) is 0.636. The number of carbonyl (C=O) groups is 1. The zero-order valence-electron chi connectivity index (χ0n) is 17.2. The summed E-state index contributed by atoms with van der Waals surface area (Å²) in [5.41, 5.74) is 2.56. The van der Waals surface area contributed by atoms with Crippen LogP contribution in [0.15, 0.2) is 29.3 Å². The van der Waals surface area contributed by atoms with Crippen molar-refractivity contribution >= 4 is 11.9 Å². The maximum atomic E-state index is 12.5. The molecule has 2 aliphatic heterocycles. The van der Waals surface area contributed by atoms with Crippen LogP contribution in [0.5, 0.6) is 0 Å². The molecule has 1 amide bonds. The standard InChI is InChI=1S/C22H33N5O/c1-16-12-19(15-27(16)20-9-10-20)25-22(23-2)24-11-5-8-21(28)26-13-17-6-3-4-7-18(17)14-26/h3-4,6-7,16,19-20H,5,8-15H2,1-2H3,(H2,23,24,25). The molecule has 152 valence electrons. The number of nitrogens with one attached hydrogen (secondary N) is 2. The SMILES string of the molecule is CN=C(NCCCC(=O)N1Cc2ccccc2C1)NC1CC(C)N(C2CC2)C1. The van der Waals surface area contributed by atoms with Crippen molar-refractivity contribution in [2.24, 2.45) is 4.99 Å². The quantitative estimate of drug-likeness (QED) is 0.449. The first-order valence-corrected chi connectivity index (χ1v) is 10.7. The van der Waals surface area contributed by atoms with Gasteiger partial charge in [-0.15, -0.1) is 0 Å². The van der Waals surface area contributed by atoms with Gasteiger partial charge in [-0.2, -0.15) is 0 Å². The highest BCUT2D eigenvalue weighted by molar-refractivity contribution is 5.80. The van der Waals surface area contributed by atoms with Crippen LogP contribution in [0, 0.1) is 0 Å². The van der Waals surface area contributed by atoms with Gasteiger partial charge in [0, 0.05) is 57.8 Å². The van der Waals surface area contributed by atoms with Crippen molar-refractivity contribution in [3.8, 4) is 0 Å². The molecule has 0 radical (unpaired) electrons. The Morgan fingerprint density at radius 1 is 1.21 bits per heavy atom. The van der Waals surface area contributed by atoms with E-state index in [1.807, 2.05) is 24.1 Å². The number of aliphatic imine (C=N–C) groups is 1. The highest BCUT2D eigenvalue weighted by atomic mass is 16.2. The van der Waals surface area contributed by atoms with E-state index in [1.54, 1.807) is 0 Å². The van der Waals surface area contributed by atoms with Crippen molar-refractivity contribution in [1.29, 1.82) is 0 Å². The summed E-state index contributed by atoms with van der Waals surface area (Å²) in [7, 11) is 1.82. The second kappa shape index (κ2) is 8.52. The molecule has 0 aromatic heterocycles. The second-order valence-electron chi connectivity index (χ2n) is 8.48. The highest BCUT2D eigenvalue weighted by Gasteiger charge is 2.38. The van der Waals surface area contributed by atoms with Gasteiger partial charge < -0.3 is 15.5 Å². The Hall–Kier alpha value is -2.08. The number of carbonyl (C=O) groups excluding carboxylic acids is 1. The third kappa shape index (κ3) is 4.49. The number of hydrogen-bond acceptors (Lipinski definition) is 3. The number of nitrogens with zero attached hydrogens (tertiary/aromatic N) is 3. The molecule has 2 N–H and O–H groups in total. The molecule has 6 heteroatoms.